The van der Waals surface area contributed by atoms with Crippen LogP contribution in [0.15, 0.2) is 24.5 Å². The third kappa shape index (κ3) is 2.83. The maximum absolute atomic E-state index is 5.54. The van der Waals surface area contributed by atoms with E-state index in [4.69, 9.17) is 17.0 Å². The van der Waals surface area contributed by atoms with Crippen molar-refractivity contribution in [3.8, 4) is 11.4 Å². The first kappa shape index (κ1) is 12.9. The molecule has 2 aromatic rings. The van der Waals surface area contributed by atoms with Gasteiger partial charge in [0.05, 0.1) is 12.6 Å². The molecule has 0 aliphatic heterocycles. The van der Waals surface area contributed by atoms with Gasteiger partial charge in [0.2, 0.25) is 0 Å². The van der Waals surface area contributed by atoms with Crippen molar-refractivity contribution in [3.05, 3.63) is 29.3 Å². The summed E-state index contributed by atoms with van der Waals surface area (Å²) in [6.45, 7) is 5.36. The van der Waals surface area contributed by atoms with Gasteiger partial charge in [-0.1, -0.05) is 0 Å². The Hall–Kier alpha value is -1.53. The monoisotopic (exact) mass is 264 g/mol. The van der Waals surface area contributed by atoms with Crippen molar-refractivity contribution in [1.82, 2.24) is 19.7 Å². The second-order valence-corrected chi connectivity index (χ2v) is 4.36. The molecule has 18 heavy (non-hydrogen) atoms. The highest BCUT2D eigenvalue weighted by Gasteiger charge is 2.11. The Morgan fingerprint density at radius 3 is 3.06 bits per heavy atom. The van der Waals surface area contributed by atoms with Crippen molar-refractivity contribution in [2.24, 2.45) is 0 Å². The summed E-state index contributed by atoms with van der Waals surface area (Å²) in [5, 5.41) is 7.07. The Labute approximate surface area is 111 Å². The summed E-state index contributed by atoms with van der Waals surface area (Å²) in [6.07, 6.45) is 3.60. The Balaban J connectivity index is 2.31. The van der Waals surface area contributed by atoms with E-state index in [-0.39, 0.29) is 6.10 Å². The van der Waals surface area contributed by atoms with Crippen LogP contribution in [-0.4, -0.2) is 32.5 Å². The summed E-state index contributed by atoms with van der Waals surface area (Å²) >= 11 is 5.24. The predicted octanol–water partition coefficient (Wildman–Crippen LogP) is 2.43. The van der Waals surface area contributed by atoms with Gasteiger partial charge in [-0.15, -0.1) is 0 Å². The molecule has 0 bridgehead atoms. The van der Waals surface area contributed by atoms with Gasteiger partial charge in [0, 0.05) is 24.6 Å². The van der Waals surface area contributed by atoms with Crippen molar-refractivity contribution in [3.63, 3.8) is 0 Å². The molecule has 5 nitrogen and oxygen atoms in total. The molecule has 1 unspecified atom stereocenters. The quantitative estimate of drug-likeness (QED) is 0.843. The second kappa shape index (κ2) is 5.88. The third-order valence-electron chi connectivity index (χ3n) is 2.57. The van der Waals surface area contributed by atoms with Crippen LogP contribution in [0.25, 0.3) is 11.4 Å². The van der Waals surface area contributed by atoms with E-state index in [0.29, 0.717) is 17.9 Å². The van der Waals surface area contributed by atoms with Crippen LogP contribution in [0, 0.1) is 4.77 Å². The molecule has 0 spiro atoms. The summed E-state index contributed by atoms with van der Waals surface area (Å²) in [5.41, 5.74) is 0.938. The SMILES string of the molecule is CCOC(C)Cn1c(-c2cccnc2)n[nH]c1=S. The van der Waals surface area contributed by atoms with Crippen LogP contribution in [0.3, 0.4) is 0 Å². The molecule has 0 amide bonds. The van der Waals surface area contributed by atoms with Crippen molar-refractivity contribution < 1.29 is 4.74 Å². The van der Waals surface area contributed by atoms with E-state index >= 15 is 0 Å². The highest BCUT2D eigenvalue weighted by Crippen LogP contribution is 2.16. The van der Waals surface area contributed by atoms with Crippen LogP contribution in [-0.2, 0) is 11.3 Å². The first-order valence-corrected chi connectivity index (χ1v) is 6.30. The molecule has 96 valence electrons. The van der Waals surface area contributed by atoms with Crippen LogP contribution in [0.2, 0.25) is 0 Å². The lowest BCUT2D eigenvalue weighted by Gasteiger charge is -2.13. The molecule has 2 heterocycles. The second-order valence-electron chi connectivity index (χ2n) is 3.97. The lowest BCUT2D eigenvalue weighted by Crippen LogP contribution is -2.17. The molecule has 0 aliphatic rings. The number of H-pyrrole nitrogens is 1. The summed E-state index contributed by atoms with van der Waals surface area (Å²) in [5.74, 6) is 0.791. The van der Waals surface area contributed by atoms with Crippen LogP contribution >= 0.6 is 12.2 Å². The molecule has 2 rings (SSSR count). The van der Waals surface area contributed by atoms with E-state index in [1.165, 1.54) is 0 Å². The van der Waals surface area contributed by atoms with Crippen LogP contribution in [0.1, 0.15) is 13.8 Å². The maximum atomic E-state index is 5.54. The molecular formula is C12H16N4OS. The molecule has 6 heteroatoms. The highest BCUT2D eigenvalue weighted by atomic mass is 32.1. The number of rotatable bonds is 5. The van der Waals surface area contributed by atoms with E-state index in [0.717, 1.165) is 11.4 Å². The first-order chi connectivity index (χ1) is 8.72. The van der Waals surface area contributed by atoms with Crippen molar-refractivity contribution in [1.29, 1.82) is 0 Å². The van der Waals surface area contributed by atoms with Gasteiger partial charge in [-0.3, -0.25) is 14.6 Å². The Morgan fingerprint density at radius 2 is 2.39 bits per heavy atom. The summed E-state index contributed by atoms with van der Waals surface area (Å²) < 4.78 is 8.07. The summed E-state index contributed by atoms with van der Waals surface area (Å²) in [7, 11) is 0. The van der Waals surface area contributed by atoms with E-state index in [2.05, 4.69) is 15.2 Å². The van der Waals surface area contributed by atoms with Gasteiger partial charge in [0.15, 0.2) is 10.6 Å². The largest absolute Gasteiger partial charge is 0.377 e. The molecule has 0 saturated heterocycles. The summed E-state index contributed by atoms with van der Waals surface area (Å²) in [4.78, 5) is 4.09. The third-order valence-corrected chi connectivity index (χ3v) is 2.88. The number of aromatic nitrogens is 4. The molecule has 0 saturated carbocycles. The van der Waals surface area contributed by atoms with Gasteiger partial charge in [-0.25, -0.2) is 0 Å². The summed E-state index contributed by atoms with van der Waals surface area (Å²) in [6, 6.07) is 3.84. The fourth-order valence-electron chi connectivity index (χ4n) is 1.80. The zero-order valence-corrected chi connectivity index (χ0v) is 11.3. The normalized spacial score (nSPS) is 12.6. The fourth-order valence-corrected chi connectivity index (χ4v) is 2.00. The van der Waals surface area contributed by atoms with E-state index in [1.807, 2.05) is 30.5 Å². The number of ether oxygens (including phenoxy) is 1. The molecule has 1 atom stereocenters. The average Bonchev–Trinajstić information content (AvgIpc) is 2.73. The number of nitrogens with one attached hydrogen (secondary N) is 1. The van der Waals surface area contributed by atoms with Gasteiger partial charge in [0.1, 0.15) is 0 Å². The standard InChI is InChI=1S/C12H16N4OS/c1-3-17-9(2)8-16-11(14-15-12(16)18)10-5-4-6-13-7-10/h4-7,9H,3,8H2,1-2H3,(H,15,18). The van der Waals surface area contributed by atoms with E-state index < -0.39 is 0 Å². The molecular weight excluding hydrogens is 248 g/mol. The van der Waals surface area contributed by atoms with Gasteiger partial charge in [-0.2, -0.15) is 5.10 Å². The van der Waals surface area contributed by atoms with Crippen molar-refractivity contribution >= 4 is 12.2 Å². The number of nitrogens with zero attached hydrogens (tertiary/aromatic N) is 3. The molecule has 0 fully saturated rings. The minimum absolute atomic E-state index is 0.0923. The molecule has 0 radical (unpaired) electrons. The van der Waals surface area contributed by atoms with Crippen molar-refractivity contribution in [2.45, 2.75) is 26.5 Å². The zero-order valence-electron chi connectivity index (χ0n) is 10.5. The number of hydrogen-bond acceptors (Lipinski definition) is 4. The number of aromatic amines is 1. The van der Waals surface area contributed by atoms with Crippen LogP contribution in [0.4, 0.5) is 0 Å². The fraction of sp³-hybridized carbons (Fsp3) is 0.417. The Kier molecular flexibility index (Phi) is 4.22. The number of pyridine rings is 1. The topological polar surface area (TPSA) is 55.7 Å². The zero-order chi connectivity index (χ0) is 13.0. The van der Waals surface area contributed by atoms with E-state index in [1.54, 1.807) is 12.4 Å². The minimum Gasteiger partial charge on any atom is -0.377 e. The van der Waals surface area contributed by atoms with Gasteiger partial charge in [0.25, 0.3) is 0 Å². The predicted molar refractivity (Wildman–Crippen MR) is 71.7 cm³/mol. The lowest BCUT2D eigenvalue weighted by atomic mass is 10.2. The molecule has 0 aliphatic carbocycles. The van der Waals surface area contributed by atoms with E-state index in [9.17, 15) is 0 Å². The molecule has 0 aromatic carbocycles. The van der Waals surface area contributed by atoms with Crippen LogP contribution < -0.4 is 0 Å². The van der Waals surface area contributed by atoms with Crippen LogP contribution in [0.5, 0.6) is 0 Å². The Bertz CT molecular complexity index is 549. The highest BCUT2D eigenvalue weighted by molar-refractivity contribution is 7.71. The smallest absolute Gasteiger partial charge is 0.195 e. The van der Waals surface area contributed by atoms with Gasteiger partial charge < -0.3 is 4.74 Å². The molecule has 1 N–H and O–H groups in total. The maximum Gasteiger partial charge on any atom is 0.195 e. The van der Waals surface area contributed by atoms with Crippen molar-refractivity contribution in [2.75, 3.05) is 6.61 Å². The first-order valence-electron chi connectivity index (χ1n) is 5.89. The number of hydrogen-bond donors (Lipinski definition) is 1. The molecule has 2 aromatic heterocycles. The van der Waals surface area contributed by atoms with Gasteiger partial charge >= 0.3 is 0 Å². The lowest BCUT2D eigenvalue weighted by molar-refractivity contribution is 0.0640. The van der Waals surface area contributed by atoms with Gasteiger partial charge in [-0.05, 0) is 38.2 Å². The Morgan fingerprint density at radius 1 is 1.56 bits per heavy atom. The average molecular weight is 264 g/mol. The minimum atomic E-state index is 0.0923.